The summed E-state index contributed by atoms with van der Waals surface area (Å²) in [4.78, 5) is 0. The summed E-state index contributed by atoms with van der Waals surface area (Å²) in [5.41, 5.74) is 3.97. The number of benzene rings is 1. The maximum absolute atomic E-state index is 12.2. The predicted octanol–water partition coefficient (Wildman–Crippen LogP) is 3.72. The molecule has 0 spiro atoms. The Hall–Kier alpha value is -0.860. The van der Waals surface area contributed by atoms with Crippen LogP contribution in [0.2, 0.25) is 0 Å². The Morgan fingerprint density at radius 2 is 1.96 bits per heavy atom. The van der Waals surface area contributed by atoms with Crippen LogP contribution < -0.4 is 0 Å². The van der Waals surface area contributed by atoms with Gasteiger partial charge in [-0.25, -0.2) is 0 Å². The summed E-state index contributed by atoms with van der Waals surface area (Å²) in [7, 11) is 2.46. The number of aliphatic hydroxyl groups is 1. The number of piperidine rings is 1. The molecular formula is C22H32NO+. The van der Waals surface area contributed by atoms with E-state index in [0.29, 0.717) is 6.04 Å². The minimum absolute atomic E-state index is 0.0385. The summed E-state index contributed by atoms with van der Waals surface area (Å²) in [6.07, 6.45) is 9.80. The van der Waals surface area contributed by atoms with Crippen molar-refractivity contribution in [3.63, 3.8) is 0 Å². The molecule has 4 atom stereocenters. The second-order valence-corrected chi connectivity index (χ2v) is 9.67. The van der Waals surface area contributed by atoms with Gasteiger partial charge in [0.25, 0.3) is 0 Å². The smallest absolute Gasteiger partial charge is 0.126 e. The minimum Gasteiger partial charge on any atom is -0.383 e. The number of likely N-dealkylation sites (tertiary alicyclic amines) is 1. The highest BCUT2D eigenvalue weighted by Crippen LogP contribution is 2.60. The van der Waals surface area contributed by atoms with Crippen LogP contribution in [-0.2, 0) is 11.8 Å². The van der Waals surface area contributed by atoms with Crippen LogP contribution in [0, 0.1) is 12.8 Å². The van der Waals surface area contributed by atoms with Gasteiger partial charge in [0.2, 0.25) is 0 Å². The van der Waals surface area contributed by atoms with E-state index in [1.54, 1.807) is 0 Å². The zero-order valence-corrected chi connectivity index (χ0v) is 15.4. The topological polar surface area (TPSA) is 20.2 Å². The first kappa shape index (κ1) is 15.4. The zero-order chi connectivity index (χ0) is 16.6. The van der Waals surface area contributed by atoms with Gasteiger partial charge in [0.1, 0.15) is 11.6 Å². The number of quaternary nitrogens is 1. The summed E-state index contributed by atoms with van der Waals surface area (Å²) in [5, 5.41) is 12.2. The molecule has 1 heterocycles. The van der Waals surface area contributed by atoms with E-state index in [0.717, 1.165) is 23.2 Å². The van der Waals surface area contributed by atoms with Gasteiger partial charge in [0.05, 0.1) is 20.1 Å². The maximum atomic E-state index is 12.2. The highest BCUT2D eigenvalue weighted by molar-refractivity contribution is 5.45. The molecule has 2 bridgehead atoms. The summed E-state index contributed by atoms with van der Waals surface area (Å²) >= 11 is 0. The van der Waals surface area contributed by atoms with E-state index >= 15 is 0 Å². The number of aryl methyl sites for hydroxylation is 1. The Bertz CT molecular complexity index is 681. The molecule has 2 nitrogen and oxygen atoms in total. The van der Waals surface area contributed by atoms with Crippen molar-refractivity contribution >= 4 is 0 Å². The lowest BCUT2D eigenvalue weighted by molar-refractivity contribution is -0.950. The molecule has 0 radical (unpaired) electrons. The molecule has 4 aliphatic rings. The van der Waals surface area contributed by atoms with Gasteiger partial charge in [-0.1, -0.05) is 36.6 Å². The molecule has 1 N–H and O–H groups in total. The van der Waals surface area contributed by atoms with Crippen LogP contribution in [0.5, 0.6) is 0 Å². The Morgan fingerprint density at radius 3 is 2.75 bits per heavy atom. The van der Waals surface area contributed by atoms with E-state index in [9.17, 15) is 5.11 Å². The van der Waals surface area contributed by atoms with E-state index < -0.39 is 5.60 Å². The Balaban J connectivity index is 1.67. The number of likely N-dealkylation sites (N-methyl/N-ethyl adjacent to an activating group) is 1. The molecule has 1 aliphatic heterocycles. The van der Waals surface area contributed by atoms with Crippen molar-refractivity contribution in [3.8, 4) is 0 Å². The van der Waals surface area contributed by atoms with Gasteiger partial charge >= 0.3 is 0 Å². The fourth-order valence-electron chi connectivity index (χ4n) is 6.74. The second-order valence-electron chi connectivity index (χ2n) is 9.67. The van der Waals surface area contributed by atoms with Gasteiger partial charge in [-0.05, 0) is 43.7 Å². The number of hydrogen-bond donors (Lipinski definition) is 1. The zero-order valence-electron chi connectivity index (χ0n) is 15.4. The monoisotopic (exact) mass is 326 g/mol. The Kier molecular flexibility index (Phi) is 3.12. The lowest BCUT2D eigenvalue weighted by Gasteiger charge is -2.65. The van der Waals surface area contributed by atoms with Crippen molar-refractivity contribution < 1.29 is 9.59 Å². The number of fused-ring (bicyclic) bond motifs is 1. The average Bonchev–Trinajstić information content (AvgIpc) is 3.35. The van der Waals surface area contributed by atoms with E-state index in [1.165, 1.54) is 68.3 Å². The van der Waals surface area contributed by atoms with Crippen molar-refractivity contribution in [2.24, 2.45) is 5.92 Å². The summed E-state index contributed by atoms with van der Waals surface area (Å²) < 4.78 is 1.12. The lowest BCUT2D eigenvalue weighted by atomic mass is 9.49. The van der Waals surface area contributed by atoms with Crippen LogP contribution in [0.4, 0.5) is 0 Å². The van der Waals surface area contributed by atoms with E-state index in [-0.39, 0.29) is 5.41 Å². The third kappa shape index (κ3) is 1.90. The Labute approximate surface area is 146 Å². The highest BCUT2D eigenvalue weighted by atomic mass is 16.3. The van der Waals surface area contributed by atoms with Gasteiger partial charge in [0.15, 0.2) is 0 Å². The summed E-state index contributed by atoms with van der Waals surface area (Å²) in [6.45, 7) is 4.77. The summed E-state index contributed by atoms with van der Waals surface area (Å²) in [5.74, 6) is 0.925. The third-order valence-electron chi connectivity index (χ3n) is 8.16. The quantitative estimate of drug-likeness (QED) is 0.821. The fraction of sp³-hybridized carbons (Fsp3) is 0.727. The van der Waals surface area contributed by atoms with E-state index in [1.807, 2.05) is 0 Å². The summed E-state index contributed by atoms with van der Waals surface area (Å²) in [6, 6.07) is 7.48. The number of nitrogens with zero attached hydrogens (tertiary/aromatic N) is 1. The molecule has 3 aliphatic carbocycles. The third-order valence-corrected chi connectivity index (χ3v) is 8.16. The van der Waals surface area contributed by atoms with Gasteiger partial charge in [-0.15, -0.1) is 0 Å². The molecule has 1 saturated heterocycles. The average molecular weight is 327 g/mol. The van der Waals surface area contributed by atoms with Crippen LogP contribution in [-0.4, -0.2) is 41.4 Å². The molecule has 24 heavy (non-hydrogen) atoms. The van der Waals surface area contributed by atoms with Gasteiger partial charge < -0.3 is 9.59 Å². The van der Waals surface area contributed by atoms with Crippen molar-refractivity contribution in [2.45, 2.75) is 75.3 Å². The first-order valence-corrected chi connectivity index (χ1v) is 10.1. The van der Waals surface area contributed by atoms with Crippen LogP contribution in [0.25, 0.3) is 0 Å². The normalized spacial score (nSPS) is 43.9. The number of rotatable bonds is 2. The van der Waals surface area contributed by atoms with Crippen LogP contribution in [0.1, 0.15) is 61.6 Å². The first-order chi connectivity index (χ1) is 11.5. The fourth-order valence-corrected chi connectivity index (χ4v) is 6.74. The number of hydrogen-bond acceptors (Lipinski definition) is 1. The molecule has 0 amide bonds. The largest absolute Gasteiger partial charge is 0.383 e. The molecular weight excluding hydrogens is 294 g/mol. The molecule has 5 rings (SSSR count). The van der Waals surface area contributed by atoms with Crippen molar-refractivity contribution in [1.82, 2.24) is 0 Å². The molecule has 1 aromatic carbocycles. The van der Waals surface area contributed by atoms with E-state index in [2.05, 4.69) is 32.2 Å². The van der Waals surface area contributed by atoms with Crippen molar-refractivity contribution in [3.05, 3.63) is 34.9 Å². The standard InChI is InChI=1S/C22H32NO/c1-16-5-8-18-14-20-22(24)10-4-3-9-21(22,19(18)13-16)11-12-23(20,2)15-17-6-7-17/h5,8,13,17,20,24H,3-4,6-7,9-12,14-15H2,1-2H3/q+1/t20?,21-,22?,23+/m0/s1. The predicted molar refractivity (Wildman–Crippen MR) is 97.0 cm³/mol. The van der Waals surface area contributed by atoms with Gasteiger partial charge in [0, 0.05) is 24.2 Å². The van der Waals surface area contributed by atoms with Crippen molar-refractivity contribution in [2.75, 3.05) is 20.1 Å². The van der Waals surface area contributed by atoms with E-state index in [4.69, 9.17) is 0 Å². The highest BCUT2D eigenvalue weighted by Gasteiger charge is 2.68. The molecule has 2 saturated carbocycles. The second kappa shape index (κ2) is 4.86. The molecule has 3 fully saturated rings. The molecule has 0 aromatic heterocycles. The molecule has 2 unspecified atom stereocenters. The van der Waals surface area contributed by atoms with Gasteiger partial charge in [-0.3, -0.25) is 0 Å². The minimum atomic E-state index is -0.478. The Morgan fingerprint density at radius 1 is 1.17 bits per heavy atom. The van der Waals surface area contributed by atoms with Gasteiger partial charge in [-0.2, -0.15) is 0 Å². The molecule has 1 aromatic rings. The molecule has 2 heteroatoms. The SMILES string of the molecule is Cc1ccc2c(c1)[C@@]13CCCCC1(O)C(C2)[N@@+](C)(CC1CC1)CC3. The van der Waals surface area contributed by atoms with Crippen LogP contribution >= 0.6 is 0 Å². The maximum Gasteiger partial charge on any atom is 0.126 e. The lowest BCUT2D eigenvalue weighted by Crippen LogP contribution is -2.77. The van der Waals surface area contributed by atoms with Crippen molar-refractivity contribution in [1.29, 1.82) is 0 Å². The molecule has 130 valence electrons. The van der Waals surface area contributed by atoms with Crippen LogP contribution in [0.3, 0.4) is 0 Å². The van der Waals surface area contributed by atoms with Crippen LogP contribution in [0.15, 0.2) is 18.2 Å². The first-order valence-electron chi connectivity index (χ1n) is 10.1.